The summed E-state index contributed by atoms with van der Waals surface area (Å²) in [6.45, 7) is 6.11. The molecular weight excluding hydrogens is 252 g/mol. The highest BCUT2D eigenvalue weighted by atomic mass is 16.7. The lowest BCUT2D eigenvalue weighted by atomic mass is 10.1. The van der Waals surface area contributed by atoms with Crippen molar-refractivity contribution in [3.8, 4) is 0 Å². The van der Waals surface area contributed by atoms with Crippen molar-refractivity contribution in [3.05, 3.63) is 12.7 Å². The number of hydrogen-bond acceptors (Lipinski definition) is 6. The van der Waals surface area contributed by atoms with E-state index >= 15 is 0 Å². The van der Waals surface area contributed by atoms with E-state index in [1.165, 1.54) is 6.08 Å². The van der Waals surface area contributed by atoms with Gasteiger partial charge in [0.15, 0.2) is 11.9 Å². The number of ether oxygens (including phenoxy) is 4. The van der Waals surface area contributed by atoms with Crippen molar-refractivity contribution < 1.29 is 28.5 Å². The number of methoxy groups -OCH3 is 1. The zero-order chi connectivity index (χ0) is 14.5. The monoisotopic (exact) mass is 274 g/mol. The van der Waals surface area contributed by atoms with Gasteiger partial charge >= 0.3 is 5.97 Å². The van der Waals surface area contributed by atoms with Crippen LogP contribution in [0.1, 0.15) is 19.8 Å². The average Bonchev–Trinajstić information content (AvgIpc) is 2.41. The molecule has 0 saturated carbocycles. The number of hydrogen-bond donors (Lipinski definition) is 0. The second-order valence-electron chi connectivity index (χ2n) is 3.64. The molecule has 110 valence electrons. The van der Waals surface area contributed by atoms with Crippen molar-refractivity contribution in [1.82, 2.24) is 0 Å². The molecule has 0 heterocycles. The maximum Gasteiger partial charge on any atom is 0.335 e. The molecule has 0 bridgehead atoms. The van der Waals surface area contributed by atoms with E-state index in [2.05, 4.69) is 6.58 Å². The summed E-state index contributed by atoms with van der Waals surface area (Å²) in [5, 5.41) is 0. The first-order valence-electron chi connectivity index (χ1n) is 6.15. The fraction of sp³-hybridized carbons (Fsp3) is 0.692. The van der Waals surface area contributed by atoms with E-state index in [1.807, 2.05) is 0 Å². The van der Waals surface area contributed by atoms with E-state index in [1.54, 1.807) is 14.0 Å². The number of esters is 1. The predicted octanol–water partition coefficient (Wildman–Crippen LogP) is 1.09. The largest absolute Gasteiger partial charge is 0.464 e. The second kappa shape index (κ2) is 11.8. The Kier molecular flexibility index (Phi) is 11.1. The van der Waals surface area contributed by atoms with Gasteiger partial charge in [-0.2, -0.15) is 0 Å². The highest BCUT2D eigenvalue weighted by Gasteiger charge is 2.21. The molecule has 0 rings (SSSR count). The van der Waals surface area contributed by atoms with Crippen molar-refractivity contribution in [2.45, 2.75) is 25.9 Å². The van der Waals surface area contributed by atoms with Gasteiger partial charge in [-0.25, -0.2) is 4.79 Å². The molecule has 0 radical (unpaired) electrons. The van der Waals surface area contributed by atoms with E-state index < -0.39 is 12.1 Å². The van der Waals surface area contributed by atoms with Crippen LogP contribution >= 0.6 is 0 Å². The molecule has 0 fully saturated rings. The highest BCUT2D eigenvalue weighted by Crippen LogP contribution is 2.06. The second-order valence-corrected chi connectivity index (χ2v) is 3.64. The smallest absolute Gasteiger partial charge is 0.335 e. The van der Waals surface area contributed by atoms with Crippen molar-refractivity contribution >= 4 is 11.8 Å². The molecule has 0 aliphatic heterocycles. The molecule has 0 aliphatic carbocycles. The summed E-state index contributed by atoms with van der Waals surface area (Å²) in [6.07, 6.45) is 0.853. The predicted molar refractivity (Wildman–Crippen MR) is 68.6 cm³/mol. The van der Waals surface area contributed by atoms with Crippen molar-refractivity contribution in [2.24, 2.45) is 0 Å². The Morgan fingerprint density at radius 1 is 1.32 bits per heavy atom. The van der Waals surface area contributed by atoms with E-state index in [9.17, 15) is 9.59 Å². The Balaban J connectivity index is 4.06. The molecule has 0 unspecified atom stereocenters. The Morgan fingerprint density at radius 2 is 2.05 bits per heavy atom. The molecule has 0 amide bonds. The normalized spacial score (nSPS) is 11.9. The lowest BCUT2D eigenvalue weighted by molar-refractivity contribution is -0.168. The molecule has 0 aromatic rings. The molecule has 19 heavy (non-hydrogen) atoms. The number of ketones is 1. The molecule has 0 saturated heterocycles. The maximum atomic E-state index is 11.6. The van der Waals surface area contributed by atoms with E-state index in [4.69, 9.17) is 18.9 Å². The van der Waals surface area contributed by atoms with Crippen molar-refractivity contribution in [2.75, 3.05) is 33.7 Å². The van der Waals surface area contributed by atoms with Crippen LogP contribution in [0.5, 0.6) is 0 Å². The van der Waals surface area contributed by atoms with Crippen LogP contribution in [0, 0.1) is 0 Å². The number of allylic oxidation sites excluding steroid dienone is 1. The zero-order valence-electron chi connectivity index (χ0n) is 11.6. The van der Waals surface area contributed by atoms with Gasteiger partial charge in [0.1, 0.15) is 6.79 Å². The summed E-state index contributed by atoms with van der Waals surface area (Å²) in [4.78, 5) is 22.7. The minimum absolute atomic E-state index is 0.0465. The van der Waals surface area contributed by atoms with Gasteiger partial charge in [0.25, 0.3) is 0 Å². The minimum atomic E-state index is -0.800. The summed E-state index contributed by atoms with van der Waals surface area (Å²) in [7, 11) is 1.56. The summed E-state index contributed by atoms with van der Waals surface area (Å²) in [5.41, 5.74) is 0. The molecule has 6 heteroatoms. The third kappa shape index (κ3) is 9.35. The fourth-order valence-electron chi connectivity index (χ4n) is 1.21. The van der Waals surface area contributed by atoms with Crippen LogP contribution in [0.3, 0.4) is 0 Å². The van der Waals surface area contributed by atoms with Crippen LogP contribution in [0.25, 0.3) is 0 Å². The number of carbonyl (C=O) groups is 2. The SMILES string of the molecule is C=CC(=O)CC[C@@H](OCOCCOC)C(=O)OCC. The summed E-state index contributed by atoms with van der Waals surface area (Å²) in [5.74, 6) is -0.632. The molecular formula is C13H22O6. The van der Waals surface area contributed by atoms with Crippen molar-refractivity contribution in [1.29, 1.82) is 0 Å². The topological polar surface area (TPSA) is 71.1 Å². The third-order valence-electron chi connectivity index (χ3n) is 2.21. The average molecular weight is 274 g/mol. The van der Waals surface area contributed by atoms with Gasteiger partial charge in [-0.1, -0.05) is 6.58 Å². The molecule has 0 aliphatic rings. The van der Waals surface area contributed by atoms with Gasteiger partial charge < -0.3 is 18.9 Å². The highest BCUT2D eigenvalue weighted by molar-refractivity contribution is 5.89. The Labute approximate surface area is 113 Å². The quantitative estimate of drug-likeness (QED) is 0.230. The molecule has 1 atom stereocenters. The summed E-state index contributed by atoms with van der Waals surface area (Å²) >= 11 is 0. The van der Waals surface area contributed by atoms with Crippen LogP contribution in [-0.4, -0.2) is 51.6 Å². The van der Waals surface area contributed by atoms with Gasteiger partial charge in [0.2, 0.25) is 0 Å². The van der Waals surface area contributed by atoms with Gasteiger partial charge in [-0.05, 0) is 19.4 Å². The van der Waals surface area contributed by atoms with Gasteiger partial charge in [-0.15, -0.1) is 0 Å². The van der Waals surface area contributed by atoms with Crippen LogP contribution in [0.15, 0.2) is 12.7 Å². The molecule has 0 N–H and O–H groups in total. The van der Waals surface area contributed by atoms with E-state index in [0.29, 0.717) is 13.2 Å². The summed E-state index contributed by atoms with van der Waals surface area (Å²) < 4.78 is 20.0. The van der Waals surface area contributed by atoms with Crippen LogP contribution in [0.2, 0.25) is 0 Å². The van der Waals surface area contributed by atoms with E-state index in [-0.39, 0.29) is 32.0 Å². The number of rotatable bonds is 12. The first kappa shape index (κ1) is 17.8. The first-order valence-corrected chi connectivity index (χ1v) is 6.15. The fourth-order valence-corrected chi connectivity index (χ4v) is 1.21. The molecule has 0 aromatic heterocycles. The Morgan fingerprint density at radius 3 is 2.63 bits per heavy atom. The van der Waals surface area contributed by atoms with Gasteiger partial charge in [-0.3, -0.25) is 4.79 Å². The molecule has 0 aromatic carbocycles. The maximum absolute atomic E-state index is 11.6. The van der Waals surface area contributed by atoms with Crippen LogP contribution in [-0.2, 0) is 28.5 Å². The zero-order valence-corrected chi connectivity index (χ0v) is 11.6. The molecule has 0 spiro atoms. The van der Waals surface area contributed by atoms with Crippen molar-refractivity contribution in [3.63, 3.8) is 0 Å². The lowest BCUT2D eigenvalue weighted by Crippen LogP contribution is -2.28. The minimum Gasteiger partial charge on any atom is -0.464 e. The summed E-state index contributed by atoms with van der Waals surface area (Å²) in [6, 6.07) is 0. The van der Waals surface area contributed by atoms with Gasteiger partial charge in [0, 0.05) is 13.5 Å². The van der Waals surface area contributed by atoms with Crippen LogP contribution in [0.4, 0.5) is 0 Å². The first-order chi connectivity index (χ1) is 9.15. The Hall–Kier alpha value is -1.24. The Bertz CT molecular complexity index is 276. The lowest BCUT2D eigenvalue weighted by Gasteiger charge is -2.15. The molecule has 6 nitrogen and oxygen atoms in total. The number of carbonyl (C=O) groups excluding carboxylic acids is 2. The van der Waals surface area contributed by atoms with Crippen LogP contribution < -0.4 is 0 Å². The third-order valence-corrected chi connectivity index (χ3v) is 2.21. The standard InChI is InChI=1S/C13H22O6/c1-4-11(14)6-7-12(13(15)18-5-2)19-10-17-9-8-16-3/h4,12H,1,5-10H2,2-3H3/t12-/m1/s1. The van der Waals surface area contributed by atoms with Gasteiger partial charge in [0.05, 0.1) is 19.8 Å². The van der Waals surface area contributed by atoms with E-state index in [0.717, 1.165) is 0 Å².